The van der Waals surface area contributed by atoms with Gasteiger partial charge in [0.25, 0.3) is 0 Å². The maximum absolute atomic E-state index is 13.4. The number of rotatable bonds is 7. The lowest BCUT2D eigenvalue weighted by Crippen LogP contribution is -2.41. The highest BCUT2D eigenvalue weighted by atomic mass is 35.5. The zero-order valence-electron chi connectivity index (χ0n) is 16.3. The summed E-state index contributed by atoms with van der Waals surface area (Å²) in [7, 11) is -3.77. The maximum Gasteiger partial charge on any atom is 0.241 e. The van der Waals surface area contributed by atoms with Gasteiger partial charge in [0.05, 0.1) is 23.0 Å². The van der Waals surface area contributed by atoms with Gasteiger partial charge >= 0.3 is 0 Å². The maximum atomic E-state index is 13.4. The topological polar surface area (TPSA) is 66.5 Å². The van der Waals surface area contributed by atoms with E-state index in [0.717, 1.165) is 33.3 Å². The Hall–Kier alpha value is -2.12. The Morgan fingerprint density at radius 1 is 1.21 bits per heavy atom. The summed E-state index contributed by atoms with van der Waals surface area (Å²) >= 11 is 5.76. The van der Waals surface area contributed by atoms with Crippen molar-refractivity contribution in [2.24, 2.45) is 0 Å². The van der Waals surface area contributed by atoms with Crippen LogP contribution >= 0.6 is 11.6 Å². The summed E-state index contributed by atoms with van der Waals surface area (Å²) in [5, 5.41) is 2.67. The van der Waals surface area contributed by atoms with Crippen molar-refractivity contribution in [3.05, 3.63) is 63.9 Å². The van der Waals surface area contributed by atoms with Gasteiger partial charge in [0.1, 0.15) is 12.4 Å². The van der Waals surface area contributed by atoms with Gasteiger partial charge in [0.2, 0.25) is 15.9 Å². The summed E-state index contributed by atoms with van der Waals surface area (Å²) < 4.78 is 38.7. The summed E-state index contributed by atoms with van der Waals surface area (Å²) in [6.45, 7) is 5.48. The molecular formula is C20H24ClFN2O3S. The van der Waals surface area contributed by atoms with Crippen LogP contribution in [0.3, 0.4) is 0 Å². The minimum absolute atomic E-state index is 0.128. The van der Waals surface area contributed by atoms with Crippen LogP contribution in [-0.2, 0) is 14.8 Å². The molecule has 1 atom stereocenters. The van der Waals surface area contributed by atoms with E-state index in [1.54, 1.807) is 0 Å². The van der Waals surface area contributed by atoms with Crippen LogP contribution in [0.2, 0.25) is 5.02 Å². The first-order valence-corrected chi connectivity index (χ1v) is 11.0. The van der Waals surface area contributed by atoms with Crippen LogP contribution in [-0.4, -0.2) is 27.1 Å². The molecule has 5 nitrogen and oxygen atoms in total. The molecule has 0 bridgehead atoms. The first-order valence-electron chi connectivity index (χ1n) is 8.82. The molecule has 0 heterocycles. The van der Waals surface area contributed by atoms with E-state index in [-0.39, 0.29) is 16.8 Å². The van der Waals surface area contributed by atoms with Crippen LogP contribution in [0.5, 0.6) is 0 Å². The van der Waals surface area contributed by atoms with Crippen molar-refractivity contribution in [1.82, 2.24) is 5.32 Å². The summed E-state index contributed by atoms with van der Waals surface area (Å²) in [4.78, 5) is 12.6. The van der Waals surface area contributed by atoms with Gasteiger partial charge in [0.15, 0.2) is 0 Å². The highest BCUT2D eigenvalue weighted by molar-refractivity contribution is 7.92. The third-order valence-corrected chi connectivity index (χ3v) is 5.85. The van der Waals surface area contributed by atoms with E-state index < -0.39 is 28.3 Å². The first kappa shape index (κ1) is 22.2. The Morgan fingerprint density at radius 2 is 1.89 bits per heavy atom. The molecule has 0 aliphatic rings. The van der Waals surface area contributed by atoms with Gasteiger partial charge in [0, 0.05) is 0 Å². The fourth-order valence-corrected chi connectivity index (χ4v) is 4.05. The molecule has 0 saturated carbocycles. The van der Waals surface area contributed by atoms with Gasteiger partial charge in [-0.25, -0.2) is 12.8 Å². The molecule has 1 N–H and O–H groups in total. The first-order chi connectivity index (χ1) is 13.0. The zero-order valence-corrected chi connectivity index (χ0v) is 17.9. The lowest BCUT2D eigenvalue weighted by Gasteiger charge is -2.25. The van der Waals surface area contributed by atoms with Gasteiger partial charge in [-0.15, -0.1) is 0 Å². The molecule has 0 aliphatic carbocycles. The largest absolute Gasteiger partial charge is 0.348 e. The predicted octanol–water partition coefficient (Wildman–Crippen LogP) is 4.13. The summed E-state index contributed by atoms with van der Waals surface area (Å²) in [5.41, 5.74) is 3.29. The number of nitrogens with one attached hydrogen (secondary N) is 1. The minimum atomic E-state index is -3.77. The van der Waals surface area contributed by atoms with Crippen molar-refractivity contribution in [2.45, 2.75) is 33.2 Å². The number of carbonyl (C=O) groups is 1. The third kappa shape index (κ3) is 5.45. The number of hydrogen-bond acceptors (Lipinski definition) is 3. The minimum Gasteiger partial charge on any atom is -0.348 e. The van der Waals surface area contributed by atoms with E-state index in [1.807, 2.05) is 39.0 Å². The Kier molecular flexibility index (Phi) is 7.06. The van der Waals surface area contributed by atoms with Crippen molar-refractivity contribution in [3.8, 4) is 0 Å². The number of benzene rings is 2. The molecule has 0 radical (unpaired) electrons. The number of nitrogens with zero attached hydrogens (tertiary/aromatic N) is 1. The molecule has 2 aromatic rings. The average molecular weight is 427 g/mol. The van der Waals surface area contributed by atoms with Crippen molar-refractivity contribution >= 4 is 33.2 Å². The molecule has 1 amide bonds. The molecular weight excluding hydrogens is 403 g/mol. The molecule has 0 saturated heterocycles. The lowest BCUT2D eigenvalue weighted by atomic mass is 9.97. The van der Waals surface area contributed by atoms with E-state index in [0.29, 0.717) is 6.42 Å². The van der Waals surface area contributed by atoms with Crippen LogP contribution < -0.4 is 9.62 Å². The van der Waals surface area contributed by atoms with Crippen LogP contribution in [0.15, 0.2) is 36.4 Å². The van der Waals surface area contributed by atoms with E-state index >= 15 is 0 Å². The molecule has 0 fully saturated rings. The van der Waals surface area contributed by atoms with Gasteiger partial charge < -0.3 is 5.32 Å². The summed E-state index contributed by atoms with van der Waals surface area (Å²) in [6.07, 6.45) is 1.63. The highest BCUT2D eigenvalue weighted by Crippen LogP contribution is 2.25. The molecule has 152 valence electrons. The second kappa shape index (κ2) is 8.92. The van der Waals surface area contributed by atoms with Gasteiger partial charge in [-0.3, -0.25) is 9.10 Å². The van der Waals surface area contributed by atoms with Crippen LogP contribution in [0.25, 0.3) is 0 Å². The molecule has 0 aromatic heterocycles. The number of anilines is 1. The Morgan fingerprint density at radius 3 is 2.43 bits per heavy atom. The summed E-state index contributed by atoms with van der Waals surface area (Å²) in [6, 6.07) is 9.26. The second-order valence-corrected chi connectivity index (χ2v) is 9.07. The molecule has 8 heteroatoms. The molecule has 0 aliphatic heterocycles. The molecule has 0 spiro atoms. The predicted molar refractivity (Wildman–Crippen MR) is 111 cm³/mol. The molecule has 0 unspecified atom stereocenters. The van der Waals surface area contributed by atoms with Gasteiger partial charge in [-0.1, -0.05) is 42.3 Å². The molecule has 28 heavy (non-hydrogen) atoms. The van der Waals surface area contributed by atoms with Crippen LogP contribution in [0, 0.1) is 19.7 Å². The van der Waals surface area contributed by atoms with E-state index in [9.17, 15) is 17.6 Å². The number of sulfonamides is 1. The van der Waals surface area contributed by atoms with Crippen molar-refractivity contribution in [1.29, 1.82) is 0 Å². The number of amides is 1. The Labute approximate surface area is 170 Å². The fraction of sp³-hybridized carbons (Fsp3) is 0.350. The smallest absolute Gasteiger partial charge is 0.241 e. The average Bonchev–Trinajstić information content (AvgIpc) is 2.59. The summed E-state index contributed by atoms with van der Waals surface area (Å²) in [5.74, 6) is -1.12. The molecule has 2 aromatic carbocycles. The van der Waals surface area contributed by atoms with Crippen LogP contribution in [0.1, 0.15) is 36.1 Å². The number of carbonyl (C=O) groups excluding carboxylic acids is 1. The third-order valence-electron chi connectivity index (χ3n) is 4.42. The normalized spacial score (nSPS) is 12.5. The van der Waals surface area contributed by atoms with Gasteiger partial charge in [-0.05, 0) is 49.6 Å². The zero-order chi connectivity index (χ0) is 21.1. The lowest BCUT2D eigenvalue weighted by molar-refractivity contribution is -0.120. The second-order valence-electron chi connectivity index (χ2n) is 6.76. The van der Waals surface area contributed by atoms with E-state index in [4.69, 9.17) is 11.6 Å². The van der Waals surface area contributed by atoms with E-state index in [1.165, 1.54) is 12.1 Å². The van der Waals surface area contributed by atoms with E-state index in [2.05, 4.69) is 5.32 Å². The van der Waals surface area contributed by atoms with Crippen molar-refractivity contribution in [2.75, 3.05) is 17.1 Å². The quantitative estimate of drug-likeness (QED) is 0.723. The monoisotopic (exact) mass is 426 g/mol. The Balaban J connectivity index is 2.24. The SMILES string of the molecule is CC[C@H](NC(=O)CN(c1ccc(F)c(Cl)c1)S(C)(=O)=O)c1ccc(C)cc1C. The number of hydrogen-bond donors (Lipinski definition) is 1. The van der Waals surface area contributed by atoms with Gasteiger partial charge in [-0.2, -0.15) is 0 Å². The number of aryl methyl sites for hydroxylation is 2. The van der Waals surface area contributed by atoms with Crippen LogP contribution in [0.4, 0.5) is 10.1 Å². The molecule has 2 rings (SSSR count). The van der Waals surface area contributed by atoms with Crippen molar-refractivity contribution in [3.63, 3.8) is 0 Å². The number of halogens is 2. The van der Waals surface area contributed by atoms with Crippen molar-refractivity contribution < 1.29 is 17.6 Å². The highest BCUT2D eigenvalue weighted by Gasteiger charge is 2.23. The fourth-order valence-electron chi connectivity index (χ4n) is 3.03. The standard InChI is InChI=1S/C20H24ClFN2O3S/c1-5-19(16-8-6-13(2)10-14(16)3)23-20(25)12-24(28(4,26)27)15-7-9-18(22)17(21)11-15/h6-11,19H,5,12H2,1-4H3,(H,23,25)/t19-/m0/s1. The Bertz CT molecular complexity index is 979.